The smallest absolute Gasteiger partial charge is 0.335 e. The molecule has 5 nitrogen and oxygen atoms in total. The van der Waals surface area contributed by atoms with Crippen LogP contribution in [0.3, 0.4) is 0 Å². The summed E-state index contributed by atoms with van der Waals surface area (Å²) >= 11 is 0. The molecule has 1 aromatic carbocycles. The van der Waals surface area contributed by atoms with Gasteiger partial charge in [-0.05, 0) is 37.0 Å². The predicted molar refractivity (Wildman–Crippen MR) is 66.8 cm³/mol. The summed E-state index contributed by atoms with van der Waals surface area (Å²) in [5, 5.41) is 15.0. The number of carbonyl (C=O) groups is 2. The van der Waals surface area contributed by atoms with Crippen LogP contribution in [0.4, 0.5) is 11.4 Å². The van der Waals surface area contributed by atoms with E-state index >= 15 is 0 Å². The molecule has 1 heterocycles. The maximum atomic E-state index is 11.8. The van der Waals surface area contributed by atoms with Crippen molar-refractivity contribution in [2.24, 2.45) is 5.92 Å². The van der Waals surface area contributed by atoms with E-state index in [0.29, 0.717) is 18.0 Å². The van der Waals surface area contributed by atoms with E-state index < -0.39 is 5.97 Å². The molecule has 1 atom stereocenters. The van der Waals surface area contributed by atoms with Crippen molar-refractivity contribution in [2.75, 3.05) is 10.6 Å². The number of aromatic carboxylic acids is 1. The molecule has 0 radical (unpaired) electrons. The highest BCUT2D eigenvalue weighted by Crippen LogP contribution is 2.38. The van der Waals surface area contributed by atoms with Gasteiger partial charge >= 0.3 is 5.97 Å². The Labute approximate surface area is 104 Å². The first-order valence-electron chi connectivity index (χ1n) is 6.07. The van der Waals surface area contributed by atoms with Gasteiger partial charge in [-0.1, -0.05) is 0 Å². The first kappa shape index (κ1) is 11.1. The summed E-state index contributed by atoms with van der Waals surface area (Å²) in [6.07, 6.45) is 2.77. The van der Waals surface area contributed by atoms with E-state index in [9.17, 15) is 9.59 Å². The minimum absolute atomic E-state index is 0.0549. The van der Waals surface area contributed by atoms with Crippen molar-refractivity contribution < 1.29 is 14.7 Å². The largest absolute Gasteiger partial charge is 0.478 e. The molecule has 2 aliphatic rings. The van der Waals surface area contributed by atoms with Crippen LogP contribution in [0.1, 0.15) is 29.6 Å². The van der Waals surface area contributed by atoms with Crippen LogP contribution in [-0.2, 0) is 4.79 Å². The molecule has 3 rings (SSSR count). The molecule has 0 aromatic heterocycles. The third kappa shape index (κ3) is 2.03. The van der Waals surface area contributed by atoms with E-state index in [2.05, 4.69) is 10.6 Å². The van der Waals surface area contributed by atoms with Gasteiger partial charge in [0, 0.05) is 12.5 Å². The van der Waals surface area contributed by atoms with Gasteiger partial charge in [-0.25, -0.2) is 4.79 Å². The highest BCUT2D eigenvalue weighted by atomic mass is 16.4. The van der Waals surface area contributed by atoms with Crippen molar-refractivity contribution in [3.8, 4) is 0 Å². The summed E-state index contributed by atoms with van der Waals surface area (Å²) in [5.74, 6) is -0.475. The van der Waals surface area contributed by atoms with Gasteiger partial charge < -0.3 is 15.7 Å². The van der Waals surface area contributed by atoms with Crippen molar-refractivity contribution in [2.45, 2.75) is 25.3 Å². The zero-order valence-corrected chi connectivity index (χ0v) is 9.77. The van der Waals surface area contributed by atoms with E-state index in [0.717, 1.165) is 18.5 Å². The lowest BCUT2D eigenvalue weighted by Crippen LogP contribution is -2.24. The van der Waals surface area contributed by atoms with Gasteiger partial charge in [-0.2, -0.15) is 0 Å². The summed E-state index contributed by atoms with van der Waals surface area (Å²) in [5.41, 5.74) is 1.55. The highest BCUT2D eigenvalue weighted by molar-refractivity contribution is 5.99. The molecule has 1 aliphatic carbocycles. The van der Waals surface area contributed by atoms with Gasteiger partial charge in [-0.15, -0.1) is 0 Å². The van der Waals surface area contributed by atoms with Gasteiger partial charge in [0.05, 0.1) is 16.9 Å². The van der Waals surface area contributed by atoms with Crippen molar-refractivity contribution >= 4 is 23.3 Å². The van der Waals surface area contributed by atoms with Crippen LogP contribution in [0.15, 0.2) is 18.2 Å². The van der Waals surface area contributed by atoms with E-state index in [1.165, 1.54) is 6.07 Å². The Balaban J connectivity index is 1.94. The number of carboxylic acids is 1. The predicted octanol–water partition coefficient (Wildman–Crippen LogP) is 1.92. The molecule has 3 N–H and O–H groups in total. The highest BCUT2D eigenvalue weighted by Gasteiger charge is 2.34. The lowest BCUT2D eigenvalue weighted by atomic mass is 10.1. The summed E-state index contributed by atoms with van der Waals surface area (Å²) in [7, 11) is 0. The second kappa shape index (κ2) is 4.01. The summed E-state index contributed by atoms with van der Waals surface area (Å²) in [6.45, 7) is 0. The van der Waals surface area contributed by atoms with Crippen molar-refractivity contribution in [1.82, 2.24) is 0 Å². The lowest BCUT2D eigenvalue weighted by molar-refractivity contribution is -0.116. The Bertz CT molecular complexity index is 523. The van der Waals surface area contributed by atoms with Crippen LogP contribution >= 0.6 is 0 Å². The Morgan fingerprint density at radius 1 is 1.28 bits per heavy atom. The van der Waals surface area contributed by atoms with E-state index in [-0.39, 0.29) is 17.5 Å². The molecule has 1 amide bonds. The average Bonchev–Trinajstić information content (AvgIpc) is 3.13. The molecule has 0 bridgehead atoms. The molecular formula is C13H14N2O3. The second-order valence-corrected chi connectivity index (χ2v) is 4.91. The number of nitrogens with one attached hydrogen (secondary N) is 2. The normalized spacial score (nSPS) is 22.4. The van der Waals surface area contributed by atoms with Crippen molar-refractivity contribution in [1.29, 1.82) is 0 Å². The average molecular weight is 246 g/mol. The first-order valence-corrected chi connectivity index (χ1v) is 6.07. The summed E-state index contributed by atoms with van der Waals surface area (Å²) < 4.78 is 0. The summed E-state index contributed by atoms with van der Waals surface area (Å²) in [4.78, 5) is 22.7. The van der Waals surface area contributed by atoms with Crippen LogP contribution in [0.5, 0.6) is 0 Å². The molecule has 0 spiro atoms. The van der Waals surface area contributed by atoms with Gasteiger partial charge in [0.25, 0.3) is 0 Å². The van der Waals surface area contributed by atoms with Crippen LogP contribution in [-0.4, -0.2) is 23.0 Å². The second-order valence-electron chi connectivity index (χ2n) is 4.91. The Morgan fingerprint density at radius 2 is 2.06 bits per heavy atom. The maximum absolute atomic E-state index is 11.8. The standard InChI is InChI=1S/C13H14N2O3/c16-12-6-10(7-1-2-7)14-9-4-3-8(13(17)18)5-11(9)15-12/h3-5,7,10,14H,1-2,6H2,(H,15,16)(H,17,18). The number of amides is 1. The molecule has 0 saturated heterocycles. The molecule has 5 heteroatoms. The van der Waals surface area contributed by atoms with Crippen LogP contribution in [0, 0.1) is 5.92 Å². The number of anilines is 2. The summed E-state index contributed by atoms with van der Waals surface area (Å²) in [6, 6.07) is 4.94. The molecule has 1 aromatic rings. The maximum Gasteiger partial charge on any atom is 0.335 e. The minimum atomic E-state index is -0.991. The number of fused-ring (bicyclic) bond motifs is 1. The zero-order chi connectivity index (χ0) is 12.7. The fraction of sp³-hybridized carbons (Fsp3) is 0.385. The Morgan fingerprint density at radius 3 is 2.72 bits per heavy atom. The zero-order valence-electron chi connectivity index (χ0n) is 9.77. The van der Waals surface area contributed by atoms with Crippen molar-refractivity contribution in [3.05, 3.63) is 23.8 Å². The van der Waals surface area contributed by atoms with Crippen LogP contribution in [0.25, 0.3) is 0 Å². The van der Waals surface area contributed by atoms with Crippen molar-refractivity contribution in [3.63, 3.8) is 0 Å². The van der Waals surface area contributed by atoms with E-state index in [4.69, 9.17) is 5.11 Å². The third-order valence-corrected chi connectivity index (χ3v) is 3.48. The first-order chi connectivity index (χ1) is 8.63. The fourth-order valence-corrected chi connectivity index (χ4v) is 2.34. The minimum Gasteiger partial charge on any atom is -0.478 e. The van der Waals surface area contributed by atoms with E-state index in [1.807, 2.05) is 0 Å². The number of hydrogen-bond donors (Lipinski definition) is 3. The Hall–Kier alpha value is -2.04. The Kier molecular flexibility index (Phi) is 2.47. The topological polar surface area (TPSA) is 78.4 Å². The van der Waals surface area contributed by atoms with Gasteiger partial charge in [-0.3, -0.25) is 4.79 Å². The molecule has 18 heavy (non-hydrogen) atoms. The quantitative estimate of drug-likeness (QED) is 0.745. The fourth-order valence-electron chi connectivity index (χ4n) is 2.34. The van der Waals surface area contributed by atoms with Gasteiger partial charge in [0.15, 0.2) is 0 Å². The number of hydrogen-bond acceptors (Lipinski definition) is 3. The van der Waals surface area contributed by atoms with Gasteiger partial charge in [0.2, 0.25) is 5.91 Å². The molecular weight excluding hydrogens is 232 g/mol. The number of rotatable bonds is 2. The number of benzene rings is 1. The van der Waals surface area contributed by atoms with Crippen LogP contribution in [0.2, 0.25) is 0 Å². The lowest BCUT2D eigenvalue weighted by Gasteiger charge is -2.15. The molecule has 1 fully saturated rings. The van der Waals surface area contributed by atoms with Gasteiger partial charge in [0.1, 0.15) is 0 Å². The molecule has 1 saturated carbocycles. The monoisotopic (exact) mass is 246 g/mol. The number of carbonyl (C=O) groups excluding carboxylic acids is 1. The van der Waals surface area contributed by atoms with Crippen LogP contribution < -0.4 is 10.6 Å². The molecule has 94 valence electrons. The number of carboxylic acid groups (broad SMARTS) is 1. The molecule has 1 aliphatic heterocycles. The molecule has 1 unspecified atom stereocenters. The van der Waals surface area contributed by atoms with E-state index in [1.54, 1.807) is 12.1 Å². The third-order valence-electron chi connectivity index (χ3n) is 3.48. The SMILES string of the molecule is O=C1CC(C2CC2)Nc2ccc(C(=O)O)cc2N1.